The Bertz CT molecular complexity index is 1790. The lowest BCUT2D eigenvalue weighted by molar-refractivity contribution is -0.133. The van der Waals surface area contributed by atoms with Gasteiger partial charge in [-0.25, -0.2) is 13.8 Å². The van der Waals surface area contributed by atoms with Crippen LogP contribution in [0.4, 0.5) is 20.2 Å². The summed E-state index contributed by atoms with van der Waals surface area (Å²) in [6.45, 7) is 7.66. The number of carbonyl (C=O) groups is 2. The Balaban J connectivity index is 0.821. The van der Waals surface area contributed by atoms with Gasteiger partial charge in [0.25, 0.3) is 5.56 Å². The fourth-order valence-electron chi connectivity index (χ4n) is 7.80. The van der Waals surface area contributed by atoms with Gasteiger partial charge in [-0.15, -0.1) is 0 Å². The topological polar surface area (TPSA) is 132 Å². The molecule has 3 aromatic rings. The molecule has 0 radical (unpaired) electrons. The number of hydrogen-bond donors (Lipinski definition) is 3. The van der Waals surface area contributed by atoms with Crippen molar-refractivity contribution in [3.05, 3.63) is 58.1 Å². The zero-order chi connectivity index (χ0) is 36.0. The van der Waals surface area contributed by atoms with E-state index >= 15 is 4.39 Å². The predicted molar refractivity (Wildman–Crippen MR) is 193 cm³/mol. The molecule has 3 N–H and O–H groups in total. The molecule has 280 valence electrons. The van der Waals surface area contributed by atoms with Gasteiger partial charge in [0, 0.05) is 63.5 Å². The fraction of sp³-hybridized carbons (Fsp3) is 0.579. The standard InChI is InChI=1S/C38H49F2N7O5/c39-29-20-26(41-31-7-9-35(48)44-37(31)49)6-8-33(29)47-18-16-46(17-19-47)15-14-45-12-10-25(11-13-45)23-51-28-21-30(40)36-32(22-28)42-34(43-38(36)50)24-52-27-4-2-1-3-5-27/h6,8,20-22,25,27,31,41H,1-5,7,9-19,23-24H2,(H,42,43,50)(H,44,48,49). The summed E-state index contributed by atoms with van der Waals surface area (Å²) in [5.41, 5.74) is 0.844. The molecule has 52 heavy (non-hydrogen) atoms. The number of piperidine rings is 2. The van der Waals surface area contributed by atoms with E-state index in [0.29, 0.717) is 41.9 Å². The highest BCUT2D eigenvalue weighted by Gasteiger charge is 2.27. The van der Waals surface area contributed by atoms with E-state index in [1.807, 2.05) is 0 Å². The van der Waals surface area contributed by atoms with Crippen molar-refractivity contribution in [2.45, 2.75) is 76.5 Å². The number of halogens is 2. The van der Waals surface area contributed by atoms with E-state index in [-0.39, 0.29) is 47.7 Å². The lowest BCUT2D eigenvalue weighted by atomic mass is 9.98. The molecule has 2 amide bonds. The molecule has 4 aliphatic rings. The number of nitrogens with zero attached hydrogens (tertiary/aromatic N) is 4. The molecule has 3 aliphatic heterocycles. The maximum absolute atomic E-state index is 15.1. The Kier molecular flexibility index (Phi) is 11.6. The van der Waals surface area contributed by atoms with Crippen molar-refractivity contribution >= 4 is 34.1 Å². The van der Waals surface area contributed by atoms with Gasteiger partial charge in [0.2, 0.25) is 11.8 Å². The van der Waals surface area contributed by atoms with E-state index in [1.54, 1.807) is 18.2 Å². The highest BCUT2D eigenvalue weighted by molar-refractivity contribution is 6.01. The maximum atomic E-state index is 15.1. The lowest BCUT2D eigenvalue weighted by Crippen LogP contribution is -2.49. The average molecular weight is 722 g/mol. The summed E-state index contributed by atoms with van der Waals surface area (Å²) in [6.07, 6.45) is 8.34. The summed E-state index contributed by atoms with van der Waals surface area (Å²) in [5.74, 6) is -0.507. The second-order valence-electron chi connectivity index (χ2n) is 14.6. The molecule has 4 heterocycles. The highest BCUT2D eigenvalue weighted by Crippen LogP contribution is 2.27. The first-order valence-electron chi connectivity index (χ1n) is 18.8. The number of H-pyrrole nitrogens is 1. The van der Waals surface area contributed by atoms with E-state index in [4.69, 9.17) is 9.47 Å². The number of aromatic nitrogens is 2. The van der Waals surface area contributed by atoms with Crippen LogP contribution in [0.15, 0.2) is 35.1 Å². The SMILES string of the molecule is O=C1CCC(Nc2ccc(N3CCN(CCN4CCC(COc5cc(F)c6c(=O)[nH]c(COC7CCCCC7)nc6c5)CC4)CC3)c(F)c2)C(=O)N1. The van der Waals surface area contributed by atoms with Crippen LogP contribution in [0.2, 0.25) is 0 Å². The first kappa shape index (κ1) is 36.2. The van der Waals surface area contributed by atoms with Crippen molar-refractivity contribution in [2.75, 3.05) is 69.2 Å². The van der Waals surface area contributed by atoms with Gasteiger partial charge < -0.3 is 29.6 Å². The quantitative estimate of drug-likeness (QED) is 0.234. The van der Waals surface area contributed by atoms with Crippen LogP contribution in [-0.4, -0.2) is 103 Å². The number of aromatic amines is 1. The van der Waals surface area contributed by atoms with Crippen LogP contribution in [0.1, 0.15) is 63.6 Å². The number of anilines is 2. The number of piperazine rings is 1. The summed E-state index contributed by atoms with van der Waals surface area (Å²) in [4.78, 5) is 50.3. The lowest BCUT2D eigenvalue weighted by Gasteiger charge is -2.38. The van der Waals surface area contributed by atoms with E-state index in [2.05, 4.69) is 35.3 Å². The van der Waals surface area contributed by atoms with Crippen molar-refractivity contribution in [2.24, 2.45) is 5.92 Å². The molecule has 7 rings (SSSR count). The minimum atomic E-state index is -0.640. The summed E-state index contributed by atoms with van der Waals surface area (Å²) >= 11 is 0. The summed E-state index contributed by atoms with van der Waals surface area (Å²) < 4.78 is 42.1. The largest absolute Gasteiger partial charge is 0.493 e. The number of hydrogen-bond acceptors (Lipinski definition) is 10. The number of amides is 2. The van der Waals surface area contributed by atoms with Crippen molar-refractivity contribution in [1.82, 2.24) is 25.1 Å². The summed E-state index contributed by atoms with van der Waals surface area (Å²) in [7, 11) is 0. The van der Waals surface area contributed by atoms with E-state index < -0.39 is 17.4 Å². The third-order valence-electron chi connectivity index (χ3n) is 11.0. The molecular formula is C38H49F2N7O5. The summed E-state index contributed by atoms with van der Waals surface area (Å²) in [5, 5.41) is 5.30. The number of ether oxygens (including phenoxy) is 2. The molecule has 12 nitrogen and oxygen atoms in total. The number of fused-ring (bicyclic) bond motifs is 1. The minimum Gasteiger partial charge on any atom is -0.493 e. The van der Waals surface area contributed by atoms with Gasteiger partial charge in [0.1, 0.15) is 41.2 Å². The van der Waals surface area contributed by atoms with E-state index in [1.165, 1.54) is 18.6 Å². The Morgan fingerprint density at radius 3 is 2.33 bits per heavy atom. The van der Waals surface area contributed by atoms with Crippen LogP contribution < -0.4 is 25.8 Å². The Morgan fingerprint density at radius 1 is 0.846 bits per heavy atom. The van der Waals surface area contributed by atoms with Crippen LogP contribution in [-0.2, 0) is 20.9 Å². The van der Waals surface area contributed by atoms with Gasteiger partial charge in [0.05, 0.1) is 23.9 Å². The zero-order valence-electron chi connectivity index (χ0n) is 29.6. The van der Waals surface area contributed by atoms with Crippen molar-refractivity contribution < 1.29 is 27.8 Å². The fourth-order valence-corrected chi connectivity index (χ4v) is 7.80. The normalized spacial score (nSPS) is 21.4. The molecule has 3 saturated heterocycles. The minimum absolute atomic E-state index is 0.0640. The third-order valence-corrected chi connectivity index (χ3v) is 11.0. The van der Waals surface area contributed by atoms with Crippen molar-refractivity contribution in [3.8, 4) is 5.75 Å². The zero-order valence-corrected chi connectivity index (χ0v) is 29.6. The number of nitrogens with one attached hydrogen (secondary N) is 3. The van der Waals surface area contributed by atoms with Crippen molar-refractivity contribution in [1.29, 1.82) is 0 Å². The second kappa shape index (κ2) is 16.7. The molecule has 1 aromatic heterocycles. The molecule has 1 atom stereocenters. The predicted octanol–water partition coefficient (Wildman–Crippen LogP) is 4.18. The molecule has 1 saturated carbocycles. The highest BCUT2D eigenvalue weighted by atomic mass is 19.1. The first-order chi connectivity index (χ1) is 25.3. The van der Waals surface area contributed by atoms with Gasteiger partial charge in [-0.1, -0.05) is 19.3 Å². The van der Waals surface area contributed by atoms with Crippen LogP contribution >= 0.6 is 0 Å². The Morgan fingerprint density at radius 2 is 1.60 bits per heavy atom. The van der Waals surface area contributed by atoms with Crippen LogP contribution in [0.3, 0.4) is 0 Å². The second-order valence-corrected chi connectivity index (χ2v) is 14.6. The van der Waals surface area contributed by atoms with Gasteiger partial charge in [0.15, 0.2) is 0 Å². The van der Waals surface area contributed by atoms with E-state index in [9.17, 15) is 18.8 Å². The van der Waals surface area contributed by atoms with Gasteiger partial charge in [-0.3, -0.25) is 24.6 Å². The molecule has 2 aromatic carbocycles. The molecule has 0 bridgehead atoms. The molecule has 14 heteroatoms. The number of imide groups is 1. The number of carbonyl (C=O) groups excluding carboxylic acids is 2. The molecule has 1 aliphatic carbocycles. The van der Waals surface area contributed by atoms with Gasteiger partial charge >= 0.3 is 0 Å². The number of rotatable bonds is 12. The van der Waals surface area contributed by atoms with Crippen LogP contribution in [0, 0.1) is 17.6 Å². The molecular weight excluding hydrogens is 672 g/mol. The number of benzene rings is 2. The number of likely N-dealkylation sites (tertiary alicyclic amines) is 1. The monoisotopic (exact) mass is 721 g/mol. The van der Waals surface area contributed by atoms with Gasteiger partial charge in [-0.05, 0) is 69.3 Å². The molecule has 1 unspecified atom stereocenters. The average Bonchev–Trinajstić information content (AvgIpc) is 3.14. The van der Waals surface area contributed by atoms with E-state index in [0.717, 1.165) is 90.9 Å². The Labute approximate surface area is 302 Å². The third kappa shape index (κ3) is 9.07. The Hall–Kier alpha value is -4.14. The van der Waals surface area contributed by atoms with Crippen LogP contribution in [0.25, 0.3) is 10.9 Å². The van der Waals surface area contributed by atoms with Gasteiger partial charge in [-0.2, -0.15) is 0 Å². The molecule has 4 fully saturated rings. The van der Waals surface area contributed by atoms with Crippen LogP contribution in [0.5, 0.6) is 5.75 Å². The first-order valence-corrected chi connectivity index (χ1v) is 18.8. The van der Waals surface area contributed by atoms with Crippen molar-refractivity contribution in [3.63, 3.8) is 0 Å². The molecule has 0 spiro atoms. The summed E-state index contributed by atoms with van der Waals surface area (Å²) in [6, 6.07) is 7.34. The maximum Gasteiger partial charge on any atom is 0.261 e. The smallest absolute Gasteiger partial charge is 0.261 e.